The molecular formula is C26H21NO8. The molecule has 4 rings (SSSR count). The molecule has 1 aromatic heterocycles. The number of rotatable bonds is 7. The summed E-state index contributed by atoms with van der Waals surface area (Å²) in [5.74, 6) is -4.25. The molecule has 1 heterocycles. The zero-order valence-electron chi connectivity index (χ0n) is 18.7. The summed E-state index contributed by atoms with van der Waals surface area (Å²) in [7, 11) is 0. The van der Waals surface area contributed by atoms with Crippen LogP contribution in [0.5, 0.6) is 5.75 Å². The van der Waals surface area contributed by atoms with Gasteiger partial charge in [-0.05, 0) is 37.3 Å². The summed E-state index contributed by atoms with van der Waals surface area (Å²) in [5, 5.41) is 21.0. The lowest BCUT2D eigenvalue weighted by molar-refractivity contribution is -0.142. The summed E-state index contributed by atoms with van der Waals surface area (Å²) in [6.45, 7) is 4.03. The lowest BCUT2D eigenvalue weighted by atomic mass is 9.97. The molecule has 0 aliphatic heterocycles. The molecule has 0 radical (unpaired) electrons. The van der Waals surface area contributed by atoms with Crippen LogP contribution in [0.2, 0.25) is 0 Å². The van der Waals surface area contributed by atoms with Crippen LogP contribution >= 0.6 is 0 Å². The second-order valence-corrected chi connectivity index (χ2v) is 8.14. The minimum atomic E-state index is -1.33. The van der Waals surface area contributed by atoms with Crippen LogP contribution in [0.1, 0.15) is 49.6 Å². The van der Waals surface area contributed by atoms with E-state index in [2.05, 4.69) is 11.6 Å². The Morgan fingerprint density at radius 3 is 2.46 bits per heavy atom. The first-order chi connectivity index (χ1) is 16.7. The first-order valence-electron chi connectivity index (χ1n) is 10.7. The van der Waals surface area contributed by atoms with Gasteiger partial charge in [-0.25, -0.2) is 14.6 Å². The highest BCUT2D eigenvalue weighted by Gasteiger charge is 2.42. The van der Waals surface area contributed by atoms with Gasteiger partial charge >= 0.3 is 11.9 Å². The molecule has 1 aliphatic carbocycles. The number of para-hydroxylation sites is 1. The summed E-state index contributed by atoms with van der Waals surface area (Å²) in [6, 6.07) is 12.3. The van der Waals surface area contributed by atoms with Crippen LogP contribution in [0.15, 0.2) is 60.7 Å². The number of Topliss-reactive ketones (excluding diaryl/α,β-unsaturated/α-hetero) is 2. The summed E-state index contributed by atoms with van der Waals surface area (Å²) in [4.78, 5) is 54.3. The molecule has 3 aromatic rings. The third-order valence-corrected chi connectivity index (χ3v) is 5.48. The first-order valence-corrected chi connectivity index (χ1v) is 10.7. The molecule has 0 fully saturated rings. The number of esters is 2. The van der Waals surface area contributed by atoms with Gasteiger partial charge in [0.05, 0.1) is 11.1 Å². The maximum absolute atomic E-state index is 13.1. The molecule has 178 valence electrons. The van der Waals surface area contributed by atoms with Crippen molar-refractivity contribution < 1.29 is 38.9 Å². The van der Waals surface area contributed by atoms with E-state index in [1.165, 1.54) is 31.2 Å². The second kappa shape index (κ2) is 9.47. The number of aromatic hydroxyl groups is 1. The Bertz CT molecular complexity index is 1390. The minimum Gasteiger partial charge on any atom is -0.506 e. The van der Waals surface area contributed by atoms with E-state index in [0.717, 1.165) is 0 Å². The van der Waals surface area contributed by atoms with Gasteiger partial charge in [-0.1, -0.05) is 24.8 Å². The molecule has 9 nitrogen and oxygen atoms in total. The third kappa shape index (κ3) is 4.67. The average molecular weight is 475 g/mol. The van der Waals surface area contributed by atoms with E-state index in [4.69, 9.17) is 9.47 Å². The Kier molecular flexibility index (Phi) is 6.44. The van der Waals surface area contributed by atoms with Gasteiger partial charge in [-0.3, -0.25) is 9.59 Å². The quantitative estimate of drug-likeness (QED) is 0.300. The Morgan fingerprint density at radius 1 is 1.03 bits per heavy atom. The van der Waals surface area contributed by atoms with Crippen molar-refractivity contribution >= 4 is 34.4 Å². The number of hydrogen-bond acceptors (Lipinski definition) is 9. The van der Waals surface area contributed by atoms with Gasteiger partial charge in [0.25, 0.3) is 0 Å². The van der Waals surface area contributed by atoms with Gasteiger partial charge in [0.15, 0.2) is 11.6 Å². The Labute approximate surface area is 199 Å². The van der Waals surface area contributed by atoms with E-state index < -0.39 is 42.1 Å². The molecule has 2 unspecified atom stereocenters. The zero-order chi connectivity index (χ0) is 25.3. The predicted molar refractivity (Wildman–Crippen MR) is 123 cm³/mol. The lowest BCUT2D eigenvalue weighted by Gasteiger charge is -2.12. The van der Waals surface area contributed by atoms with Gasteiger partial charge < -0.3 is 19.7 Å². The molecule has 2 N–H and O–H groups in total. The van der Waals surface area contributed by atoms with Crippen LogP contribution in [0.25, 0.3) is 10.9 Å². The van der Waals surface area contributed by atoms with Crippen LogP contribution < -0.4 is 0 Å². The van der Waals surface area contributed by atoms with Gasteiger partial charge in [0, 0.05) is 22.1 Å². The number of aliphatic hydroxyl groups is 1. The van der Waals surface area contributed by atoms with E-state index >= 15 is 0 Å². The van der Waals surface area contributed by atoms with Crippen LogP contribution in [-0.4, -0.2) is 58.0 Å². The highest BCUT2D eigenvalue weighted by atomic mass is 16.6. The molecule has 0 saturated heterocycles. The second-order valence-electron chi connectivity index (χ2n) is 8.14. The number of benzene rings is 2. The highest BCUT2D eigenvalue weighted by Crippen LogP contribution is 2.38. The molecule has 2 aromatic carbocycles. The summed E-state index contributed by atoms with van der Waals surface area (Å²) in [5.41, 5.74) is 0.752. The fourth-order valence-electron chi connectivity index (χ4n) is 3.70. The van der Waals surface area contributed by atoms with E-state index in [1.807, 2.05) is 0 Å². The van der Waals surface area contributed by atoms with Crippen molar-refractivity contribution in [2.24, 2.45) is 0 Å². The number of pyridine rings is 1. The van der Waals surface area contributed by atoms with Crippen molar-refractivity contribution in [3.8, 4) is 5.75 Å². The lowest BCUT2D eigenvalue weighted by Crippen LogP contribution is -2.25. The fraction of sp³-hybridized carbons (Fsp3) is 0.192. The van der Waals surface area contributed by atoms with Crippen molar-refractivity contribution in [2.75, 3.05) is 13.2 Å². The highest BCUT2D eigenvalue weighted by molar-refractivity contribution is 6.30. The number of fused-ring (bicyclic) bond motifs is 2. The van der Waals surface area contributed by atoms with Crippen molar-refractivity contribution in [2.45, 2.75) is 18.9 Å². The van der Waals surface area contributed by atoms with E-state index in [1.54, 1.807) is 24.3 Å². The monoisotopic (exact) mass is 475 g/mol. The minimum absolute atomic E-state index is 0.00706. The standard InChI is InChI=1S/C26H21NO8/c1-13(2)25(32)34-11-16(28)12-35-26(33)15-7-8-17-18(9-15)24(31)21(23(17)30)22-20(29)10-14-5-3-4-6-19(14)27-22/h3-10,16,21,28-29H,1,11-12H2,2H3. The Hall–Kier alpha value is -4.37. The molecule has 1 aliphatic rings. The van der Waals surface area contributed by atoms with E-state index in [0.29, 0.717) is 10.9 Å². The number of aromatic nitrogens is 1. The Balaban J connectivity index is 1.50. The van der Waals surface area contributed by atoms with Crippen LogP contribution in [0, 0.1) is 0 Å². The van der Waals surface area contributed by atoms with Crippen molar-refractivity contribution in [1.29, 1.82) is 0 Å². The van der Waals surface area contributed by atoms with E-state index in [9.17, 15) is 29.4 Å². The largest absolute Gasteiger partial charge is 0.506 e. The van der Waals surface area contributed by atoms with Crippen molar-refractivity contribution in [1.82, 2.24) is 4.98 Å². The molecule has 0 spiro atoms. The number of aliphatic hydroxyl groups excluding tert-OH is 1. The number of ketones is 2. The summed E-state index contributed by atoms with van der Waals surface area (Å²) < 4.78 is 9.82. The number of carbonyl (C=O) groups excluding carboxylic acids is 4. The zero-order valence-corrected chi connectivity index (χ0v) is 18.7. The molecule has 0 saturated carbocycles. The number of ether oxygens (including phenoxy) is 2. The van der Waals surface area contributed by atoms with Crippen LogP contribution in [-0.2, 0) is 14.3 Å². The molecular weight excluding hydrogens is 454 g/mol. The summed E-state index contributed by atoms with van der Waals surface area (Å²) >= 11 is 0. The van der Waals surface area contributed by atoms with Gasteiger partial charge in [0.2, 0.25) is 0 Å². The Morgan fingerprint density at radius 2 is 1.71 bits per heavy atom. The maximum atomic E-state index is 13.1. The molecule has 9 heteroatoms. The van der Waals surface area contributed by atoms with E-state index in [-0.39, 0.29) is 40.3 Å². The molecule has 0 bridgehead atoms. The number of nitrogens with zero attached hydrogens (tertiary/aromatic N) is 1. The van der Waals surface area contributed by atoms with Gasteiger partial charge in [0.1, 0.15) is 36.7 Å². The van der Waals surface area contributed by atoms with Crippen LogP contribution in [0.4, 0.5) is 0 Å². The normalized spacial score (nSPS) is 15.5. The number of hydrogen-bond donors (Lipinski definition) is 2. The summed E-state index contributed by atoms with van der Waals surface area (Å²) in [6.07, 6.45) is -1.26. The van der Waals surface area contributed by atoms with Gasteiger partial charge in [-0.15, -0.1) is 0 Å². The van der Waals surface area contributed by atoms with Crippen LogP contribution in [0.3, 0.4) is 0 Å². The SMILES string of the molecule is C=C(C)C(=O)OCC(O)COC(=O)c1ccc2c(c1)C(=O)C(c1nc3ccccc3cc1O)C2=O. The maximum Gasteiger partial charge on any atom is 0.338 e. The van der Waals surface area contributed by atoms with Gasteiger partial charge in [-0.2, -0.15) is 0 Å². The molecule has 0 amide bonds. The third-order valence-electron chi connectivity index (χ3n) is 5.48. The van der Waals surface area contributed by atoms with Crippen molar-refractivity contribution in [3.05, 3.63) is 83.1 Å². The smallest absolute Gasteiger partial charge is 0.338 e. The predicted octanol–water partition coefficient (Wildman–Crippen LogP) is 2.74. The topological polar surface area (TPSA) is 140 Å². The first kappa shape index (κ1) is 23.8. The van der Waals surface area contributed by atoms with Crippen molar-refractivity contribution in [3.63, 3.8) is 0 Å². The molecule has 2 atom stereocenters. The average Bonchev–Trinajstić information content (AvgIpc) is 3.09. The molecule has 35 heavy (non-hydrogen) atoms. The fourth-order valence-corrected chi connectivity index (χ4v) is 3.70. The number of carbonyl (C=O) groups is 4.